The fraction of sp³-hybridized carbons (Fsp3) is 0. The van der Waals surface area contributed by atoms with Crippen LogP contribution in [0.4, 0.5) is 8.78 Å². The van der Waals surface area contributed by atoms with Crippen LogP contribution in [-0.4, -0.2) is 15.2 Å². The van der Waals surface area contributed by atoms with Gasteiger partial charge in [-0.3, -0.25) is 9.20 Å². The third-order valence-corrected chi connectivity index (χ3v) is 3.57. The predicted octanol–water partition coefficient (Wildman–Crippen LogP) is 4.27. The first-order chi connectivity index (χ1) is 10.5. The van der Waals surface area contributed by atoms with Gasteiger partial charge >= 0.3 is 0 Å². The summed E-state index contributed by atoms with van der Waals surface area (Å²) in [5.41, 5.74) is 1.23. The molecule has 0 radical (unpaired) electrons. The van der Waals surface area contributed by atoms with Crippen LogP contribution >= 0.6 is 15.9 Å². The van der Waals surface area contributed by atoms with Gasteiger partial charge < -0.3 is 0 Å². The van der Waals surface area contributed by atoms with Gasteiger partial charge in [0, 0.05) is 16.7 Å². The minimum Gasteiger partial charge on any atom is -0.299 e. The van der Waals surface area contributed by atoms with Gasteiger partial charge in [-0.25, -0.2) is 13.8 Å². The zero-order valence-electron chi connectivity index (χ0n) is 11.1. The highest BCUT2D eigenvalue weighted by Crippen LogP contribution is 2.15. The first-order valence-electron chi connectivity index (χ1n) is 6.35. The predicted molar refractivity (Wildman–Crippen MR) is 82.6 cm³/mol. The number of hydrogen-bond donors (Lipinski definition) is 0. The Morgan fingerprint density at radius 1 is 1.23 bits per heavy atom. The number of carbonyl (C=O) groups is 1. The van der Waals surface area contributed by atoms with Gasteiger partial charge in [0.05, 0.1) is 17.5 Å². The minimum absolute atomic E-state index is 0.173. The number of pyridine rings is 1. The number of rotatable bonds is 3. The molecule has 22 heavy (non-hydrogen) atoms. The van der Waals surface area contributed by atoms with E-state index in [-0.39, 0.29) is 5.56 Å². The van der Waals surface area contributed by atoms with Crippen molar-refractivity contribution in [3.63, 3.8) is 0 Å². The number of hydrogen-bond acceptors (Lipinski definition) is 2. The molecule has 3 aromatic rings. The second kappa shape index (κ2) is 5.81. The summed E-state index contributed by atoms with van der Waals surface area (Å²) in [4.78, 5) is 16.2. The topological polar surface area (TPSA) is 34.4 Å². The molecule has 0 aliphatic heterocycles. The molecule has 0 N–H and O–H groups in total. The fourth-order valence-corrected chi connectivity index (χ4v) is 2.37. The Morgan fingerprint density at radius 2 is 2.05 bits per heavy atom. The van der Waals surface area contributed by atoms with Gasteiger partial charge in [-0.2, -0.15) is 0 Å². The Bertz CT molecular complexity index is 902. The van der Waals surface area contributed by atoms with Crippen LogP contribution in [0.5, 0.6) is 0 Å². The molecule has 1 aromatic carbocycles. The molecule has 0 aliphatic carbocycles. The van der Waals surface area contributed by atoms with Crippen LogP contribution < -0.4 is 0 Å². The molecule has 2 aromatic heterocycles. The number of ketones is 1. The van der Waals surface area contributed by atoms with E-state index in [1.165, 1.54) is 12.2 Å². The maximum atomic E-state index is 13.6. The standard InChI is InChI=1S/C16H9BrF2N2O/c17-10-1-6-16-20-8-12(21(16)9-10)3-5-15(22)13-4-2-11(18)7-14(13)19/h1-9H. The number of benzene rings is 1. The lowest BCUT2D eigenvalue weighted by molar-refractivity contribution is 0.104. The van der Waals surface area contributed by atoms with E-state index >= 15 is 0 Å². The van der Waals surface area contributed by atoms with Crippen molar-refractivity contribution in [2.75, 3.05) is 0 Å². The Kier molecular flexibility index (Phi) is 3.85. The van der Waals surface area contributed by atoms with E-state index in [2.05, 4.69) is 20.9 Å². The maximum absolute atomic E-state index is 13.6. The Hall–Kier alpha value is -2.34. The second-order valence-corrected chi connectivity index (χ2v) is 5.50. The Labute approximate surface area is 133 Å². The van der Waals surface area contributed by atoms with Crippen molar-refractivity contribution in [3.8, 4) is 0 Å². The number of carbonyl (C=O) groups excluding carboxylic acids is 1. The summed E-state index contributed by atoms with van der Waals surface area (Å²) in [6.45, 7) is 0. The van der Waals surface area contributed by atoms with Crippen molar-refractivity contribution in [3.05, 3.63) is 76.2 Å². The van der Waals surface area contributed by atoms with Gasteiger partial charge in [0.2, 0.25) is 0 Å². The maximum Gasteiger partial charge on any atom is 0.188 e. The van der Waals surface area contributed by atoms with Crippen molar-refractivity contribution >= 4 is 33.4 Å². The number of nitrogens with zero attached hydrogens (tertiary/aromatic N) is 2. The number of imidazole rings is 1. The van der Waals surface area contributed by atoms with Crippen molar-refractivity contribution in [2.24, 2.45) is 0 Å². The Morgan fingerprint density at radius 3 is 2.82 bits per heavy atom. The lowest BCUT2D eigenvalue weighted by Crippen LogP contribution is -1.99. The van der Waals surface area contributed by atoms with Crippen LogP contribution in [0.25, 0.3) is 11.7 Å². The molecular weight excluding hydrogens is 354 g/mol. The average Bonchev–Trinajstić information content (AvgIpc) is 2.87. The summed E-state index contributed by atoms with van der Waals surface area (Å²) < 4.78 is 29.1. The highest BCUT2D eigenvalue weighted by Gasteiger charge is 2.10. The van der Waals surface area contributed by atoms with E-state index in [9.17, 15) is 13.6 Å². The van der Waals surface area contributed by atoms with E-state index in [4.69, 9.17) is 0 Å². The molecule has 0 spiro atoms. The number of aromatic nitrogens is 2. The third kappa shape index (κ3) is 2.82. The van der Waals surface area contributed by atoms with Crippen LogP contribution in [0, 0.1) is 11.6 Å². The molecule has 0 saturated carbocycles. The van der Waals surface area contributed by atoms with Crippen molar-refractivity contribution in [2.45, 2.75) is 0 Å². The lowest BCUT2D eigenvalue weighted by atomic mass is 10.1. The normalized spacial score (nSPS) is 11.4. The lowest BCUT2D eigenvalue weighted by Gasteiger charge is -1.99. The third-order valence-electron chi connectivity index (χ3n) is 3.10. The van der Waals surface area contributed by atoms with Crippen molar-refractivity contribution in [1.82, 2.24) is 9.38 Å². The minimum atomic E-state index is -0.879. The number of halogens is 3. The van der Waals surface area contributed by atoms with E-state index in [1.807, 2.05) is 18.3 Å². The summed E-state index contributed by atoms with van der Waals surface area (Å²) in [6.07, 6.45) is 6.19. The van der Waals surface area contributed by atoms with Gasteiger partial charge in [-0.1, -0.05) is 0 Å². The van der Waals surface area contributed by atoms with Gasteiger partial charge in [0.15, 0.2) is 5.78 Å². The van der Waals surface area contributed by atoms with Crippen molar-refractivity contribution in [1.29, 1.82) is 0 Å². The molecule has 2 heterocycles. The molecule has 0 amide bonds. The quantitative estimate of drug-likeness (QED) is 0.515. The highest BCUT2D eigenvalue weighted by molar-refractivity contribution is 9.10. The smallest absolute Gasteiger partial charge is 0.188 e. The van der Waals surface area contributed by atoms with Crippen LogP contribution in [0.3, 0.4) is 0 Å². The Balaban J connectivity index is 1.92. The first kappa shape index (κ1) is 14.6. The van der Waals surface area contributed by atoms with Crippen LogP contribution in [0.2, 0.25) is 0 Å². The molecule has 0 aliphatic rings. The SMILES string of the molecule is O=C(C=Cc1cnc2ccc(Br)cn12)c1ccc(F)cc1F. The monoisotopic (exact) mass is 362 g/mol. The van der Waals surface area contributed by atoms with Crippen LogP contribution in [-0.2, 0) is 0 Å². The van der Waals surface area contributed by atoms with Gasteiger partial charge in [-0.05, 0) is 52.3 Å². The summed E-state index contributed by atoms with van der Waals surface area (Å²) in [6, 6.07) is 6.54. The fourth-order valence-electron chi connectivity index (χ4n) is 2.04. The van der Waals surface area contributed by atoms with Crippen LogP contribution in [0.1, 0.15) is 16.1 Å². The van der Waals surface area contributed by atoms with Gasteiger partial charge in [-0.15, -0.1) is 0 Å². The molecule has 3 rings (SSSR count). The second-order valence-electron chi connectivity index (χ2n) is 4.58. The molecule has 0 bridgehead atoms. The molecule has 3 nitrogen and oxygen atoms in total. The van der Waals surface area contributed by atoms with E-state index in [0.717, 1.165) is 22.3 Å². The molecule has 0 atom stereocenters. The highest BCUT2D eigenvalue weighted by atomic mass is 79.9. The molecule has 110 valence electrons. The average molecular weight is 363 g/mol. The molecule has 6 heteroatoms. The largest absolute Gasteiger partial charge is 0.299 e. The summed E-state index contributed by atoms with van der Waals surface area (Å²) in [5, 5.41) is 0. The summed E-state index contributed by atoms with van der Waals surface area (Å²) in [7, 11) is 0. The molecular formula is C16H9BrF2N2O. The van der Waals surface area contributed by atoms with E-state index in [1.54, 1.807) is 10.6 Å². The number of fused-ring (bicyclic) bond motifs is 1. The molecule has 0 saturated heterocycles. The zero-order chi connectivity index (χ0) is 15.7. The van der Waals surface area contributed by atoms with Gasteiger partial charge in [0.25, 0.3) is 0 Å². The van der Waals surface area contributed by atoms with E-state index < -0.39 is 17.4 Å². The molecule has 0 unspecified atom stereocenters. The van der Waals surface area contributed by atoms with Crippen LogP contribution in [0.15, 0.2) is 53.3 Å². The van der Waals surface area contributed by atoms with Crippen molar-refractivity contribution < 1.29 is 13.6 Å². The van der Waals surface area contributed by atoms with Gasteiger partial charge in [0.1, 0.15) is 17.3 Å². The summed E-state index contributed by atoms with van der Waals surface area (Å²) in [5.74, 6) is -2.14. The first-order valence-corrected chi connectivity index (χ1v) is 7.14. The molecule has 0 fully saturated rings. The summed E-state index contributed by atoms with van der Waals surface area (Å²) >= 11 is 3.36. The zero-order valence-corrected chi connectivity index (χ0v) is 12.7. The number of allylic oxidation sites excluding steroid dienone is 1. The van der Waals surface area contributed by atoms with E-state index in [0.29, 0.717) is 11.8 Å².